The maximum absolute atomic E-state index is 14.1. The maximum Gasteiger partial charge on any atom is 0.295 e. The smallest absolute Gasteiger partial charge is 0.295 e. The van der Waals surface area contributed by atoms with Crippen LogP contribution in [0.2, 0.25) is 5.02 Å². The summed E-state index contributed by atoms with van der Waals surface area (Å²) in [5.41, 5.74) is 2.11. The maximum atomic E-state index is 14.1. The van der Waals surface area contributed by atoms with Crippen molar-refractivity contribution >= 4 is 40.1 Å². The van der Waals surface area contributed by atoms with Gasteiger partial charge in [0, 0.05) is 67.5 Å². The molecule has 2 N–H and O–H groups in total. The fraction of sp³-hybridized carbons (Fsp3) is 0.433. The average Bonchev–Trinajstić information content (AvgIpc) is 3.59. The molecule has 2 aliphatic heterocycles. The van der Waals surface area contributed by atoms with Crippen LogP contribution in [0.15, 0.2) is 42.6 Å². The number of hydrogen-bond acceptors (Lipinski definition) is 6. The summed E-state index contributed by atoms with van der Waals surface area (Å²) < 4.78 is 7.20. The lowest BCUT2D eigenvalue weighted by molar-refractivity contribution is -0.125. The van der Waals surface area contributed by atoms with Crippen LogP contribution in [0.4, 0.5) is 0 Å². The van der Waals surface area contributed by atoms with Gasteiger partial charge in [-0.05, 0) is 51.3 Å². The zero-order valence-corrected chi connectivity index (χ0v) is 24.0. The predicted octanol–water partition coefficient (Wildman–Crippen LogP) is 3.95. The fourth-order valence-electron chi connectivity index (χ4n) is 5.78. The quantitative estimate of drug-likeness (QED) is 0.264. The van der Waals surface area contributed by atoms with Gasteiger partial charge in [-0.3, -0.25) is 24.0 Å². The molecule has 2 aliphatic rings. The molecule has 3 heterocycles. The van der Waals surface area contributed by atoms with Crippen LogP contribution in [0.3, 0.4) is 0 Å². The molecule has 2 fully saturated rings. The van der Waals surface area contributed by atoms with E-state index in [9.17, 15) is 14.4 Å². The number of ether oxygens (including phenoxy) is 1. The standard InChI is InChI=1S/C30H36ClN5O4/c1-4-40-27-14-26-22(24(18-36(26)32)28(37)30(39)33-11-7-8-12-33)13-23(27)29(38)35-16-19(2)34(15-20(35)3)17-21-9-5-6-10-25(21)31/h5-6,9-10,13-14,18-20H,4,7-8,11-12,15-17,32H2,1-3H3/t19-,20+/m0/s1. The third-order valence-corrected chi connectivity index (χ3v) is 8.37. The Morgan fingerprint density at radius 2 is 1.75 bits per heavy atom. The van der Waals surface area contributed by atoms with Crippen molar-refractivity contribution in [1.29, 1.82) is 0 Å². The number of carbonyl (C=O) groups is 3. The van der Waals surface area contributed by atoms with E-state index in [1.54, 1.807) is 17.0 Å². The summed E-state index contributed by atoms with van der Waals surface area (Å²) >= 11 is 6.41. The topological polar surface area (TPSA) is 101 Å². The van der Waals surface area contributed by atoms with Gasteiger partial charge in [-0.15, -0.1) is 0 Å². The summed E-state index contributed by atoms with van der Waals surface area (Å²) in [5, 5.41) is 1.20. The predicted molar refractivity (Wildman–Crippen MR) is 155 cm³/mol. The first-order chi connectivity index (χ1) is 19.2. The highest BCUT2D eigenvalue weighted by Crippen LogP contribution is 2.32. The Kier molecular flexibility index (Phi) is 8.05. The Morgan fingerprint density at radius 3 is 2.45 bits per heavy atom. The number of nitrogens with zero attached hydrogens (tertiary/aromatic N) is 4. The molecule has 2 amide bonds. The molecule has 40 heavy (non-hydrogen) atoms. The summed E-state index contributed by atoms with van der Waals surface area (Å²) in [4.78, 5) is 46.0. The van der Waals surface area contributed by atoms with Gasteiger partial charge in [0.1, 0.15) is 5.75 Å². The summed E-state index contributed by atoms with van der Waals surface area (Å²) in [5.74, 6) is 5.26. The number of nitrogens with two attached hydrogens (primary N) is 1. The number of ketones is 1. The Morgan fingerprint density at radius 1 is 1.02 bits per heavy atom. The summed E-state index contributed by atoms with van der Waals surface area (Å²) in [6.07, 6.45) is 3.23. The summed E-state index contributed by atoms with van der Waals surface area (Å²) in [6.45, 7) is 9.38. The van der Waals surface area contributed by atoms with E-state index < -0.39 is 11.7 Å². The van der Waals surface area contributed by atoms with E-state index in [0.29, 0.717) is 61.5 Å². The van der Waals surface area contributed by atoms with Gasteiger partial charge >= 0.3 is 0 Å². The molecule has 9 nitrogen and oxygen atoms in total. The minimum Gasteiger partial charge on any atom is -0.493 e. The lowest BCUT2D eigenvalue weighted by atomic mass is 10.0. The first-order valence-corrected chi connectivity index (χ1v) is 14.3. The van der Waals surface area contributed by atoms with E-state index >= 15 is 0 Å². The largest absolute Gasteiger partial charge is 0.493 e. The van der Waals surface area contributed by atoms with Gasteiger partial charge in [0.15, 0.2) is 0 Å². The molecule has 0 radical (unpaired) electrons. The Balaban J connectivity index is 1.44. The molecule has 0 saturated carbocycles. The Labute approximate surface area is 239 Å². The van der Waals surface area contributed by atoms with Crippen LogP contribution < -0.4 is 10.6 Å². The molecular weight excluding hydrogens is 530 g/mol. The molecule has 2 atom stereocenters. The van der Waals surface area contributed by atoms with E-state index in [4.69, 9.17) is 22.2 Å². The van der Waals surface area contributed by atoms with Crippen molar-refractivity contribution in [3.8, 4) is 5.75 Å². The monoisotopic (exact) mass is 565 g/mol. The van der Waals surface area contributed by atoms with Gasteiger partial charge in [-0.1, -0.05) is 29.8 Å². The number of halogens is 1. The first kappa shape index (κ1) is 28.0. The summed E-state index contributed by atoms with van der Waals surface area (Å²) in [6, 6.07) is 11.2. The molecular formula is C30H36ClN5O4. The number of rotatable bonds is 7. The number of piperazine rings is 1. The molecule has 1 aromatic heterocycles. The molecule has 2 aromatic carbocycles. The number of aromatic nitrogens is 1. The van der Waals surface area contributed by atoms with Crippen LogP contribution in [0.25, 0.3) is 10.9 Å². The minimum absolute atomic E-state index is 0.0756. The van der Waals surface area contributed by atoms with Crippen LogP contribution >= 0.6 is 11.6 Å². The van der Waals surface area contributed by atoms with E-state index in [2.05, 4.69) is 11.8 Å². The van der Waals surface area contributed by atoms with Crippen LogP contribution in [0, 0.1) is 0 Å². The van der Waals surface area contributed by atoms with E-state index in [0.717, 1.165) is 23.4 Å². The molecule has 0 bridgehead atoms. The molecule has 0 aliphatic carbocycles. The third-order valence-electron chi connectivity index (χ3n) is 8.00. The molecule has 2 saturated heterocycles. The molecule has 3 aromatic rings. The first-order valence-electron chi connectivity index (χ1n) is 13.9. The number of hydrogen-bond donors (Lipinski definition) is 1. The van der Waals surface area contributed by atoms with E-state index in [1.165, 1.54) is 10.9 Å². The fourth-order valence-corrected chi connectivity index (χ4v) is 5.98. The lowest BCUT2D eigenvalue weighted by Crippen LogP contribution is -2.57. The Hall–Kier alpha value is -3.56. The normalized spacial score (nSPS) is 19.8. The van der Waals surface area contributed by atoms with Gasteiger partial charge < -0.3 is 20.4 Å². The van der Waals surface area contributed by atoms with Crippen molar-refractivity contribution in [2.75, 3.05) is 38.6 Å². The van der Waals surface area contributed by atoms with Crippen LogP contribution in [-0.4, -0.2) is 81.8 Å². The SMILES string of the molecule is CCOc1cc2c(cc1C(=O)N1C[C@H](C)N(Cc3ccccc3Cl)C[C@H]1C)c(C(=O)C(=O)N1CCCC1)cn2N. The highest BCUT2D eigenvalue weighted by molar-refractivity contribution is 6.45. The second-order valence-corrected chi connectivity index (χ2v) is 11.2. The zero-order valence-electron chi connectivity index (χ0n) is 23.2. The van der Waals surface area contributed by atoms with E-state index in [1.807, 2.05) is 43.0 Å². The molecule has 5 rings (SSSR count). The number of carbonyl (C=O) groups excluding carboxylic acids is 3. The number of benzene rings is 2. The van der Waals surface area contributed by atoms with E-state index in [-0.39, 0.29) is 23.6 Å². The summed E-state index contributed by atoms with van der Waals surface area (Å²) in [7, 11) is 0. The van der Waals surface area contributed by atoms with Gasteiger partial charge in [-0.25, -0.2) is 0 Å². The second kappa shape index (κ2) is 11.5. The van der Waals surface area contributed by atoms with Crippen molar-refractivity contribution in [2.45, 2.75) is 52.2 Å². The molecule has 10 heteroatoms. The third kappa shape index (κ3) is 5.28. The number of likely N-dealkylation sites (tertiary alicyclic amines) is 1. The van der Waals surface area contributed by atoms with Gasteiger partial charge in [0.25, 0.3) is 17.6 Å². The zero-order chi connectivity index (χ0) is 28.6. The number of nitrogen functional groups attached to an aromatic ring is 1. The number of amides is 2. The van der Waals surface area contributed by atoms with Crippen molar-refractivity contribution in [3.63, 3.8) is 0 Å². The molecule has 0 unspecified atom stereocenters. The van der Waals surface area contributed by atoms with Gasteiger partial charge in [0.05, 0.1) is 23.3 Å². The van der Waals surface area contributed by atoms with Gasteiger partial charge in [-0.2, -0.15) is 0 Å². The highest BCUT2D eigenvalue weighted by atomic mass is 35.5. The number of Topliss-reactive ketones (excluding diaryl/α,β-unsaturated/α-hetero) is 1. The van der Waals surface area contributed by atoms with Crippen molar-refractivity contribution in [2.24, 2.45) is 0 Å². The molecule has 0 spiro atoms. The van der Waals surface area contributed by atoms with Crippen molar-refractivity contribution in [3.05, 3.63) is 64.3 Å². The van der Waals surface area contributed by atoms with Crippen molar-refractivity contribution < 1.29 is 19.1 Å². The van der Waals surface area contributed by atoms with Crippen LogP contribution in [0.1, 0.15) is 59.9 Å². The average molecular weight is 566 g/mol. The van der Waals surface area contributed by atoms with Crippen molar-refractivity contribution in [1.82, 2.24) is 19.4 Å². The minimum atomic E-state index is -0.617. The van der Waals surface area contributed by atoms with Crippen LogP contribution in [-0.2, 0) is 11.3 Å². The lowest BCUT2D eigenvalue weighted by Gasteiger charge is -2.44. The highest BCUT2D eigenvalue weighted by Gasteiger charge is 2.35. The Bertz CT molecular complexity index is 1450. The number of fused-ring (bicyclic) bond motifs is 1. The van der Waals surface area contributed by atoms with Crippen LogP contribution in [0.5, 0.6) is 5.75 Å². The second-order valence-electron chi connectivity index (χ2n) is 10.8. The molecule has 212 valence electrons. The van der Waals surface area contributed by atoms with Gasteiger partial charge in [0.2, 0.25) is 0 Å².